The summed E-state index contributed by atoms with van der Waals surface area (Å²) in [6.07, 6.45) is 3.00. The van der Waals surface area contributed by atoms with Gasteiger partial charge in [0.15, 0.2) is 12.4 Å². The average molecular weight is 191 g/mol. The van der Waals surface area contributed by atoms with Crippen LogP contribution in [0, 0.1) is 12.1 Å². The van der Waals surface area contributed by atoms with Crippen LogP contribution in [-0.2, 0) is 6.42 Å². The molecule has 0 aliphatic rings. The van der Waals surface area contributed by atoms with Crippen molar-refractivity contribution in [3.63, 3.8) is 0 Å². The van der Waals surface area contributed by atoms with Crippen LogP contribution in [0.3, 0.4) is 0 Å². The highest BCUT2D eigenvalue weighted by molar-refractivity contribution is 6.35. The molecule has 1 rings (SSSR count). The van der Waals surface area contributed by atoms with Gasteiger partial charge in [-0.05, 0) is 13.3 Å². The third-order valence-electron chi connectivity index (χ3n) is 1.31. The number of rotatable bonds is 1. The fraction of sp³-hybridized carbons (Fsp3) is 0.143. The predicted molar refractivity (Wildman–Crippen MR) is 44.5 cm³/mol. The molecule has 0 unspecified atom stereocenters. The zero-order valence-electron chi connectivity index (χ0n) is 5.68. The molecular formula is C7H6Cl2NO. The van der Waals surface area contributed by atoms with Gasteiger partial charge in [0.2, 0.25) is 0 Å². The number of pyridine rings is 1. The molecule has 1 radical (unpaired) electrons. The van der Waals surface area contributed by atoms with Gasteiger partial charge in [-0.25, -0.2) is 0 Å². The van der Waals surface area contributed by atoms with E-state index in [9.17, 15) is 5.21 Å². The van der Waals surface area contributed by atoms with E-state index in [-0.39, 0.29) is 0 Å². The van der Waals surface area contributed by atoms with E-state index in [2.05, 4.69) is 6.92 Å². The summed E-state index contributed by atoms with van der Waals surface area (Å²) in [6, 6.07) is 0. The first kappa shape index (κ1) is 8.62. The van der Waals surface area contributed by atoms with Gasteiger partial charge in [0.1, 0.15) is 10.0 Å². The van der Waals surface area contributed by atoms with Gasteiger partial charge in [0.05, 0.1) is 0 Å². The summed E-state index contributed by atoms with van der Waals surface area (Å²) in [7, 11) is 0. The largest absolute Gasteiger partial charge is 0.619 e. The first-order valence-electron chi connectivity index (χ1n) is 3.01. The highest BCUT2D eigenvalue weighted by Crippen LogP contribution is 2.21. The van der Waals surface area contributed by atoms with E-state index in [0.717, 1.165) is 0 Å². The Kier molecular flexibility index (Phi) is 2.58. The maximum absolute atomic E-state index is 10.7. The maximum atomic E-state index is 10.7. The second-order valence-corrected chi connectivity index (χ2v) is 2.86. The van der Waals surface area contributed by atoms with Crippen LogP contribution in [0.15, 0.2) is 12.4 Å². The standard InChI is InChI=1S/C7H6Cl2NO/c1-2-5-6(8)3-10(11)4-7(5)9/h3-4H,1-2H2. The minimum Gasteiger partial charge on any atom is -0.619 e. The van der Waals surface area contributed by atoms with Gasteiger partial charge in [-0.2, -0.15) is 4.73 Å². The molecule has 1 aromatic rings. The summed E-state index contributed by atoms with van der Waals surface area (Å²) >= 11 is 11.4. The van der Waals surface area contributed by atoms with Gasteiger partial charge in [-0.15, -0.1) is 0 Å². The van der Waals surface area contributed by atoms with E-state index >= 15 is 0 Å². The molecule has 0 saturated carbocycles. The van der Waals surface area contributed by atoms with Gasteiger partial charge in [-0.3, -0.25) is 0 Å². The summed E-state index contributed by atoms with van der Waals surface area (Å²) in [4.78, 5) is 0. The predicted octanol–water partition coefficient (Wildman–Crippen LogP) is 2.00. The van der Waals surface area contributed by atoms with E-state index in [1.54, 1.807) is 0 Å². The van der Waals surface area contributed by atoms with Crippen molar-refractivity contribution in [2.24, 2.45) is 0 Å². The van der Waals surface area contributed by atoms with Crippen LogP contribution in [0.4, 0.5) is 0 Å². The highest BCUT2D eigenvalue weighted by Gasteiger charge is 2.08. The topological polar surface area (TPSA) is 26.9 Å². The molecule has 1 heterocycles. The maximum Gasteiger partial charge on any atom is 0.199 e. The molecule has 11 heavy (non-hydrogen) atoms. The number of aromatic nitrogens is 1. The van der Waals surface area contributed by atoms with E-state index in [0.29, 0.717) is 26.8 Å². The summed E-state index contributed by atoms with van der Waals surface area (Å²) in [5.41, 5.74) is 0.709. The quantitative estimate of drug-likeness (QED) is 0.492. The summed E-state index contributed by atoms with van der Waals surface area (Å²) in [5.74, 6) is 0. The summed E-state index contributed by atoms with van der Waals surface area (Å²) in [6.45, 7) is 3.63. The van der Waals surface area contributed by atoms with Crippen molar-refractivity contribution >= 4 is 23.2 Å². The van der Waals surface area contributed by atoms with Crippen molar-refractivity contribution in [2.45, 2.75) is 6.42 Å². The van der Waals surface area contributed by atoms with E-state index < -0.39 is 0 Å². The molecule has 2 nitrogen and oxygen atoms in total. The Morgan fingerprint density at radius 1 is 1.36 bits per heavy atom. The van der Waals surface area contributed by atoms with Crippen LogP contribution < -0.4 is 4.73 Å². The summed E-state index contributed by atoms with van der Waals surface area (Å²) in [5, 5.41) is 11.4. The van der Waals surface area contributed by atoms with E-state index in [4.69, 9.17) is 23.2 Å². The van der Waals surface area contributed by atoms with Crippen LogP contribution in [-0.4, -0.2) is 0 Å². The van der Waals surface area contributed by atoms with Gasteiger partial charge in [0, 0.05) is 5.56 Å². The Labute approximate surface area is 74.9 Å². The van der Waals surface area contributed by atoms with Crippen LogP contribution in [0.2, 0.25) is 10.0 Å². The molecule has 59 valence electrons. The summed E-state index contributed by atoms with van der Waals surface area (Å²) < 4.78 is 0.573. The monoisotopic (exact) mass is 190 g/mol. The van der Waals surface area contributed by atoms with Crippen molar-refractivity contribution in [2.75, 3.05) is 0 Å². The normalized spacial score (nSPS) is 10.1. The Morgan fingerprint density at radius 2 is 1.82 bits per heavy atom. The van der Waals surface area contributed by atoms with Crippen LogP contribution in [0.25, 0.3) is 0 Å². The lowest BCUT2D eigenvalue weighted by atomic mass is 10.2. The molecule has 0 amide bonds. The first-order chi connectivity index (χ1) is 5.15. The zero-order valence-corrected chi connectivity index (χ0v) is 7.19. The van der Waals surface area contributed by atoms with Crippen molar-refractivity contribution in [1.82, 2.24) is 0 Å². The van der Waals surface area contributed by atoms with Crippen molar-refractivity contribution < 1.29 is 4.73 Å². The Balaban J connectivity index is 3.25. The molecule has 0 aliphatic carbocycles. The third kappa shape index (κ3) is 1.76. The minimum atomic E-state index is 0.363. The van der Waals surface area contributed by atoms with Gasteiger partial charge in [0.25, 0.3) is 0 Å². The zero-order chi connectivity index (χ0) is 8.43. The lowest BCUT2D eigenvalue weighted by molar-refractivity contribution is -0.605. The number of nitrogens with zero attached hydrogens (tertiary/aromatic N) is 1. The Morgan fingerprint density at radius 3 is 2.18 bits per heavy atom. The van der Waals surface area contributed by atoms with Crippen molar-refractivity contribution in [3.05, 3.63) is 40.1 Å². The number of hydrogen-bond acceptors (Lipinski definition) is 1. The van der Waals surface area contributed by atoms with Crippen LogP contribution in [0.1, 0.15) is 5.56 Å². The van der Waals surface area contributed by atoms with Crippen LogP contribution >= 0.6 is 23.2 Å². The highest BCUT2D eigenvalue weighted by atomic mass is 35.5. The van der Waals surface area contributed by atoms with Gasteiger partial charge < -0.3 is 5.21 Å². The molecule has 0 spiro atoms. The third-order valence-corrected chi connectivity index (χ3v) is 1.96. The second-order valence-electron chi connectivity index (χ2n) is 2.04. The van der Waals surface area contributed by atoms with Crippen molar-refractivity contribution in [1.29, 1.82) is 0 Å². The molecule has 0 bridgehead atoms. The van der Waals surface area contributed by atoms with Crippen LogP contribution in [0.5, 0.6) is 0 Å². The Hall–Kier alpha value is -0.470. The molecule has 4 heteroatoms. The van der Waals surface area contributed by atoms with E-state index in [1.165, 1.54) is 12.4 Å². The minimum absolute atomic E-state index is 0.363. The lowest BCUT2D eigenvalue weighted by Crippen LogP contribution is -2.25. The first-order valence-corrected chi connectivity index (χ1v) is 3.76. The van der Waals surface area contributed by atoms with E-state index in [1.807, 2.05) is 0 Å². The smallest absolute Gasteiger partial charge is 0.199 e. The fourth-order valence-corrected chi connectivity index (χ4v) is 1.40. The molecule has 0 N–H and O–H groups in total. The molecule has 0 aromatic carbocycles. The molecule has 0 saturated heterocycles. The van der Waals surface area contributed by atoms with Gasteiger partial charge in [-0.1, -0.05) is 23.2 Å². The molecular weight excluding hydrogens is 185 g/mol. The van der Waals surface area contributed by atoms with Gasteiger partial charge >= 0.3 is 0 Å². The fourth-order valence-electron chi connectivity index (χ4n) is 0.769. The molecule has 0 aliphatic heterocycles. The van der Waals surface area contributed by atoms with Crippen molar-refractivity contribution in [3.8, 4) is 0 Å². The number of hydrogen-bond donors (Lipinski definition) is 0. The molecule has 0 atom stereocenters. The molecule has 1 aromatic heterocycles. The SMILES string of the molecule is [CH2]Cc1c(Cl)c[n+]([O-])cc1Cl. The second kappa shape index (κ2) is 3.28. The Bertz CT molecular complexity index is 252. The molecule has 0 fully saturated rings. The lowest BCUT2D eigenvalue weighted by Gasteiger charge is -2.02. The number of halogens is 2. The average Bonchev–Trinajstić information content (AvgIpc) is 1.85.